The molecule has 31 heavy (non-hydrogen) atoms. The molecule has 9 heteroatoms. The SMILES string of the molecule is CCC(CC)NCc1cc(Nc2nc3cccnc3s2)nc(NC2CCC(O)CC2)n1. The minimum absolute atomic E-state index is 0.181. The van der Waals surface area contributed by atoms with Gasteiger partial charge in [0, 0.05) is 30.9 Å². The maximum Gasteiger partial charge on any atom is 0.225 e. The van der Waals surface area contributed by atoms with Gasteiger partial charge in [-0.05, 0) is 50.7 Å². The lowest BCUT2D eigenvalue weighted by Gasteiger charge is -2.26. The number of aromatic nitrogens is 4. The third-order valence-electron chi connectivity index (χ3n) is 5.77. The highest BCUT2D eigenvalue weighted by atomic mass is 32.1. The van der Waals surface area contributed by atoms with Crippen LogP contribution in [0.2, 0.25) is 0 Å². The number of nitrogens with zero attached hydrogens (tertiary/aromatic N) is 4. The highest BCUT2D eigenvalue weighted by molar-refractivity contribution is 7.21. The molecule has 8 nitrogen and oxygen atoms in total. The molecule has 3 aromatic heterocycles. The summed E-state index contributed by atoms with van der Waals surface area (Å²) in [5.74, 6) is 1.33. The smallest absolute Gasteiger partial charge is 0.225 e. The number of pyridine rings is 1. The molecule has 0 bridgehead atoms. The van der Waals surface area contributed by atoms with E-state index in [4.69, 9.17) is 9.97 Å². The Kier molecular flexibility index (Phi) is 7.26. The van der Waals surface area contributed by atoms with Gasteiger partial charge in [0.2, 0.25) is 5.95 Å². The standard InChI is InChI=1S/C22H31N7OS/c1-3-14(4-2)24-13-16-12-19(29-22-27-18-6-5-11-23-20(18)31-22)28-21(26-16)25-15-7-9-17(30)10-8-15/h5-6,11-12,14-15,17,24,30H,3-4,7-10,13H2,1-2H3,(H2,25,26,27,28,29). The summed E-state index contributed by atoms with van der Waals surface area (Å²) in [6, 6.07) is 6.58. The summed E-state index contributed by atoms with van der Waals surface area (Å²) in [6.45, 7) is 5.07. The summed E-state index contributed by atoms with van der Waals surface area (Å²) >= 11 is 1.51. The Morgan fingerprint density at radius 2 is 1.94 bits per heavy atom. The molecule has 1 aliphatic rings. The van der Waals surface area contributed by atoms with Crippen LogP contribution in [-0.4, -0.2) is 43.2 Å². The zero-order valence-electron chi connectivity index (χ0n) is 18.1. The lowest BCUT2D eigenvalue weighted by atomic mass is 9.93. The van der Waals surface area contributed by atoms with Crippen molar-refractivity contribution in [1.82, 2.24) is 25.3 Å². The van der Waals surface area contributed by atoms with E-state index in [2.05, 4.69) is 39.8 Å². The van der Waals surface area contributed by atoms with Gasteiger partial charge in [-0.3, -0.25) is 0 Å². The van der Waals surface area contributed by atoms with Gasteiger partial charge in [-0.15, -0.1) is 0 Å². The monoisotopic (exact) mass is 441 g/mol. The van der Waals surface area contributed by atoms with Crippen molar-refractivity contribution in [3.8, 4) is 0 Å². The van der Waals surface area contributed by atoms with Crippen LogP contribution in [0.25, 0.3) is 10.3 Å². The molecule has 0 saturated heterocycles. The van der Waals surface area contributed by atoms with Crippen molar-refractivity contribution in [2.45, 2.75) is 77.1 Å². The molecule has 0 radical (unpaired) electrons. The van der Waals surface area contributed by atoms with E-state index in [1.165, 1.54) is 11.3 Å². The van der Waals surface area contributed by atoms with Crippen LogP contribution in [0.3, 0.4) is 0 Å². The largest absolute Gasteiger partial charge is 0.393 e. The molecule has 0 aliphatic heterocycles. The average molecular weight is 442 g/mol. The molecular formula is C22H31N7OS. The van der Waals surface area contributed by atoms with Crippen LogP contribution >= 0.6 is 11.3 Å². The first-order valence-corrected chi connectivity index (χ1v) is 12.0. The lowest BCUT2D eigenvalue weighted by Crippen LogP contribution is -2.30. The number of aliphatic hydroxyl groups is 1. The maximum absolute atomic E-state index is 9.79. The summed E-state index contributed by atoms with van der Waals surface area (Å²) in [5.41, 5.74) is 1.81. The summed E-state index contributed by atoms with van der Waals surface area (Å²) < 4.78 is 0. The maximum atomic E-state index is 9.79. The van der Waals surface area contributed by atoms with Crippen LogP contribution in [-0.2, 0) is 6.54 Å². The van der Waals surface area contributed by atoms with Gasteiger partial charge >= 0.3 is 0 Å². The van der Waals surface area contributed by atoms with Crippen molar-refractivity contribution >= 4 is 38.6 Å². The van der Waals surface area contributed by atoms with Gasteiger partial charge in [0.1, 0.15) is 16.2 Å². The van der Waals surface area contributed by atoms with Crippen molar-refractivity contribution in [1.29, 1.82) is 0 Å². The molecule has 4 N–H and O–H groups in total. The van der Waals surface area contributed by atoms with E-state index < -0.39 is 0 Å². The molecule has 0 amide bonds. The second-order valence-corrected chi connectivity index (χ2v) is 9.06. The van der Waals surface area contributed by atoms with Crippen LogP contribution in [0.4, 0.5) is 16.9 Å². The Labute approximate surface area is 187 Å². The molecule has 0 aromatic carbocycles. The number of anilines is 3. The number of fused-ring (bicyclic) bond motifs is 1. The van der Waals surface area contributed by atoms with Crippen LogP contribution in [0, 0.1) is 0 Å². The number of hydrogen-bond acceptors (Lipinski definition) is 9. The van der Waals surface area contributed by atoms with E-state index >= 15 is 0 Å². The van der Waals surface area contributed by atoms with E-state index in [1.807, 2.05) is 18.2 Å². The van der Waals surface area contributed by atoms with Gasteiger partial charge in [0.05, 0.1) is 11.8 Å². The molecule has 4 rings (SSSR count). The molecule has 1 aliphatic carbocycles. The molecule has 1 saturated carbocycles. The van der Waals surface area contributed by atoms with Crippen molar-refractivity contribution in [2.24, 2.45) is 0 Å². The predicted octanol–water partition coefficient (Wildman–Crippen LogP) is 4.22. The van der Waals surface area contributed by atoms with Crippen LogP contribution in [0.1, 0.15) is 58.1 Å². The Morgan fingerprint density at radius 1 is 1.13 bits per heavy atom. The fraction of sp³-hybridized carbons (Fsp3) is 0.545. The van der Waals surface area contributed by atoms with Crippen LogP contribution in [0.15, 0.2) is 24.4 Å². The molecule has 0 spiro atoms. The van der Waals surface area contributed by atoms with E-state index in [0.29, 0.717) is 24.4 Å². The highest BCUT2D eigenvalue weighted by Crippen LogP contribution is 2.27. The molecule has 0 atom stereocenters. The van der Waals surface area contributed by atoms with E-state index in [1.54, 1.807) is 6.20 Å². The van der Waals surface area contributed by atoms with E-state index in [9.17, 15) is 5.11 Å². The molecule has 166 valence electrons. The molecule has 1 fully saturated rings. The molecule has 0 unspecified atom stereocenters. The Bertz CT molecular complexity index is 950. The highest BCUT2D eigenvalue weighted by Gasteiger charge is 2.20. The minimum atomic E-state index is -0.181. The number of rotatable bonds is 9. The predicted molar refractivity (Wildman–Crippen MR) is 126 cm³/mol. The van der Waals surface area contributed by atoms with Crippen LogP contribution < -0.4 is 16.0 Å². The first kappa shape index (κ1) is 21.9. The molecule has 3 heterocycles. The van der Waals surface area contributed by atoms with Crippen molar-refractivity contribution in [2.75, 3.05) is 10.6 Å². The fourth-order valence-corrected chi connectivity index (χ4v) is 4.69. The van der Waals surface area contributed by atoms with Gasteiger partial charge in [0.25, 0.3) is 0 Å². The fourth-order valence-electron chi connectivity index (χ4n) is 3.88. The van der Waals surface area contributed by atoms with Crippen LogP contribution in [0.5, 0.6) is 0 Å². The van der Waals surface area contributed by atoms with Gasteiger partial charge in [-0.25, -0.2) is 15.0 Å². The average Bonchev–Trinajstić information content (AvgIpc) is 3.18. The Hall–Kier alpha value is -2.36. The van der Waals surface area contributed by atoms with Gasteiger partial charge in [-0.2, -0.15) is 4.98 Å². The number of hydrogen-bond donors (Lipinski definition) is 4. The normalized spacial score (nSPS) is 19.1. The first-order valence-electron chi connectivity index (χ1n) is 11.2. The molecular weight excluding hydrogens is 410 g/mol. The van der Waals surface area contributed by atoms with E-state index in [-0.39, 0.29) is 12.1 Å². The number of thiazole rings is 1. The third kappa shape index (κ3) is 5.87. The van der Waals surface area contributed by atoms with Gasteiger partial charge in [0.15, 0.2) is 5.13 Å². The zero-order chi connectivity index (χ0) is 21.6. The summed E-state index contributed by atoms with van der Waals surface area (Å²) in [4.78, 5) is 19.3. The lowest BCUT2D eigenvalue weighted by molar-refractivity contribution is 0.126. The first-order chi connectivity index (χ1) is 15.1. The minimum Gasteiger partial charge on any atom is -0.393 e. The summed E-state index contributed by atoms with van der Waals surface area (Å²) in [6.07, 6.45) is 7.25. The van der Waals surface area contributed by atoms with Gasteiger partial charge < -0.3 is 21.1 Å². The van der Waals surface area contributed by atoms with Crippen molar-refractivity contribution < 1.29 is 5.11 Å². The second kappa shape index (κ2) is 10.3. The Balaban J connectivity index is 1.53. The third-order valence-corrected chi connectivity index (χ3v) is 6.66. The Morgan fingerprint density at radius 3 is 2.68 bits per heavy atom. The number of nitrogens with one attached hydrogen (secondary N) is 3. The van der Waals surface area contributed by atoms with Crippen molar-refractivity contribution in [3.63, 3.8) is 0 Å². The molecule has 3 aromatic rings. The zero-order valence-corrected chi connectivity index (χ0v) is 19.0. The summed E-state index contributed by atoms with van der Waals surface area (Å²) in [7, 11) is 0. The van der Waals surface area contributed by atoms with Gasteiger partial charge in [-0.1, -0.05) is 25.2 Å². The summed E-state index contributed by atoms with van der Waals surface area (Å²) in [5, 5.41) is 21.0. The van der Waals surface area contributed by atoms with E-state index in [0.717, 1.165) is 59.7 Å². The quantitative estimate of drug-likeness (QED) is 0.391. The second-order valence-electron chi connectivity index (χ2n) is 8.08. The number of aliphatic hydroxyl groups excluding tert-OH is 1. The topological polar surface area (TPSA) is 108 Å². The van der Waals surface area contributed by atoms with Crippen molar-refractivity contribution in [3.05, 3.63) is 30.1 Å².